The molecule has 186 valence electrons. The Morgan fingerprint density at radius 1 is 1.09 bits per heavy atom. The van der Waals surface area contributed by atoms with Crippen LogP contribution in [0.25, 0.3) is 22.4 Å². The van der Waals surface area contributed by atoms with Crippen LogP contribution in [0.5, 0.6) is 0 Å². The summed E-state index contributed by atoms with van der Waals surface area (Å²) in [5.74, 6) is 0.729. The van der Waals surface area contributed by atoms with Crippen LogP contribution in [0.3, 0.4) is 0 Å². The molecule has 2 aromatic carbocycles. The molecule has 1 fully saturated rings. The Balaban J connectivity index is 1.60. The smallest absolute Gasteiger partial charge is 0.329 e. The van der Waals surface area contributed by atoms with E-state index < -0.39 is 5.97 Å². The predicted molar refractivity (Wildman–Crippen MR) is 139 cm³/mol. The minimum absolute atomic E-state index is 0.225. The number of hydrogen-bond donors (Lipinski definition) is 1. The second-order valence-electron chi connectivity index (χ2n) is 9.27. The summed E-state index contributed by atoms with van der Waals surface area (Å²) in [5.41, 5.74) is 5.00. The van der Waals surface area contributed by atoms with Crippen LogP contribution in [0.2, 0.25) is 0 Å². The van der Waals surface area contributed by atoms with Gasteiger partial charge in [0.15, 0.2) is 0 Å². The summed E-state index contributed by atoms with van der Waals surface area (Å²) in [6.07, 6.45) is 7.18. The lowest BCUT2D eigenvalue weighted by Gasteiger charge is -2.28. The van der Waals surface area contributed by atoms with Gasteiger partial charge in [0.1, 0.15) is 18.1 Å². The summed E-state index contributed by atoms with van der Waals surface area (Å²) in [7, 11) is 0. The van der Waals surface area contributed by atoms with Crippen LogP contribution in [0, 0.1) is 17.7 Å². The van der Waals surface area contributed by atoms with Crippen LogP contribution in [0.1, 0.15) is 31.4 Å². The highest BCUT2D eigenvalue weighted by Gasteiger charge is 2.26. The molecule has 0 atom stereocenters. The lowest BCUT2D eigenvalue weighted by molar-refractivity contribution is -0.142. The van der Waals surface area contributed by atoms with Gasteiger partial charge in [0.2, 0.25) is 0 Å². The Morgan fingerprint density at radius 2 is 1.80 bits per heavy atom. The van der Waals surface area contributed by atoms with Crippen LogP contribution in [0.4, 0.5) is 4.39 Å². The topological polar surface area (TPSA) is 64.4 Å². The number of carbonyl (C=O) groups is 1. The van der Waals surface area contributed by atoms with Crippen molar-refractivity contribution < 1.29 is 19.0 Å². The molecule has 7 heteroatoms. The number of nitrogens with zero attached hydrogens (tertiary/aromatic N) is 2. The third kappa shape index (κ3) is 6.73. The normalized spacial score (nSPS) is 18.0. The quantitative estimate of drug-likeness (QED) is 0.344. The van der Waals surface area contributed by atoms with Crippen molar-refractivity contribution in [3.8, 4) is 22.4 Å². The van der Waals surface area contributed by atoms with Crippen LogP contribution in [-0.2, 0) is 22.5 Å². The molecule has 1 aromatic heterocycles. The standard InChI is InChI=1S/C28H33FN2O3S/c1-35-15-14-25-27(23-8-5-9-24(29)16-23)28(22-6-3-2-4-7-22)30-31(25)17-20-10-12-21(13-11-20)18-34-19-26(32)33/h2-9,16,20-21H,10-15,17-19H2,1H3,(H,32,33). The SMILES string of the molecule is CSCCc1c(-c2cccc(F)c2)c(-c2ccccc2)nn1CC1CCC(COCC(=O)O)CC1. The average molecular weight is 497 g/mol. The minimum Gasteiger partial charge on any atom is -0.480 e. The number of thioether (sulfide) groups is 1. The number of carboxylic acid groups (broad SMARTS) is 1. The zero-order valence-electron chi connectivity index (χ0n) is 20.2. The molecule has 1 aliphatic carbocycles. The van der Waals surface area contributed by atoms with Crippen molar-refractivity contribution in [3.05, 3.63) is 66.1 Å². The number of aliphatic carboxylic acids is 1. The van der Waals surface area contributed by atoms with Gasteiger partial charge in [0, 0.05) is 23.4 Å². The lowest BCUT2D eigenvalue weighted by atomic mass is 9.82. The van der Waals surface area contributed by atoms with Gasteiger partial charge in [-0.25, -0.2) is 9.18 Å². The number of aromatic nitrogens is 2. The highest BCUT2D eigenvalue weighted by molar-refractivity contribution is 7.98. The van der Waals surface area contributed by atoms with E-state index in [4.69, 9.17) is 14.9 Å². The van der Waals surface area contributed by atoms with E-state index in [0.29, 0.717) is 18.4 Å². The highest BCUT2D eigenvalue weighted by atomic mass is 32.2. The molecule has 0 saturated heterocycles. The Bertz CT molecular complexity index is 1110. The molecule has 5 nitrogen and oxygen atoms in total. The fourth-order valence-electron chi connectivity index (χ4n) is 4.98. The molecular formula is C28H33FN2O3S. The molecule has 1 N–H and O–H groups in total. The summed E-state index contributed by atoms with van der Waals surface area (Å²) in [6.45, 7) is 1.13. The number of carboxylic acids is 1. The summed E-state index contributed by atoms with van der Waals surface area (Å²) in [4.78, 5) is 10.7. The van der Waals surface area contributed by atoms with Crippen molar-refractivity contribution >= 4 is 17.7 Å². The van der Waals surface area contributed by atoms with Gasteiger partial charge in [-0.15, -0.1) is 0 Å². The van der Waals surface area contributed by atoms with Crippen molar-refractivity contribution in [2.45, 2.75) is 38.6 Å². The van der Waals surface area contributed by atoms with E-state index in [9.17, 15) is 9.18 Å². The van der Waals surface area contributed by atoms with E-state index in [1.54, 1.807) is 23.9 Å². The third-order valence-electron chi connectivity index (χ3n) is 6.74. The van der Waals surface area contributed by atoms with Crippen LogP contribution >= 0.6 is 11.8 Å². The fourth-order valence-corrected chi connectivity index (χ4v) is 5.38. The van der Waals surface area contributed by atoms with E-state index in [2.05, 4.69) is 23.1 Å². The van der Waals surface area contributed by atoms with Crippen LogP contribution < -0.4 is 0 Å². The van der Waals surface area contributed by atoms with Crippen LogP contribution in [0.15, 0.2) is 54.6 Å². The van der Waals surface area contributed by atoms with Gasteiger partial charge in [0.05, 0.1) is 6.61 Å². The van der Waals surface area contributed by atoms with Gasteiger partial charge in [-0.1, -0.05) is 42.5 Å². The summed E-state index contributed by atoms with van der Waals surface area (Å²) in [6, 6.07) is 17.0. The maximum atomic E-state index is 14.2. The molecule has 35 heavy (non-hydrogen) atoms. The molecule has 1 heterocycles. The number of rotatable bonds is 11. The van der Waals surface area contributed by atoms with Gasteiger partial charge in [0.25, 0.3) is 0 Å². The van der Waals surface area contributed by atoms with E-state index in [1.807, 2.05) is 24.3 Å². The molecule has 4 rings (SSSR count). The Morgan fingerprint density at radius 3 is 2.49 bits per heavy atom. The molecule has 1 aliphatic rings. The van der Waals surface area contributed by atoms with E-state index in [0.717, 1.165) is 72.5 Å². The van der Waals surface area contributed by atoms with Gasteiger partial charge in [-0.05, 0) is 73.6 Å². The number of hydrogen-bond acceptors (Lipinski definition) is 4. The molecule has 1 saturated carbocycles. The molecule has 0 bridgehead atoms. The maximum absolute atomic E-state index is 14.2. The number of halogens is 1. The monoisotopic (exact) mass is 496 g/mol. The largest absolute Gasteiger partial charge is 0.480 e. The lowest BCUT2D eigenvalue weighted by Crippen LogP contribution is -2.24. The molecule has 0 aliphatic heterocycles. The minimum atomic E-state index is -0.918. The van der Waals surface area contributed by atoms with Crippen molar-refractivity contribution in [2.24, 2.45) is 11.8 Å². The molecule has 0 amide bonds. The maximum Gasteiger partial charge on any atom is 0.329 e. The average Bonchev–Trinajstić information content (AvgIpc) is 3.22. The molecule has 0 spiro atoms. The first kappa shape index (κ1) is 25.5. The number of benzene rings is 2. The molecular weight excluding hydrogens is 463 g/mol. The second kappa shape index (κ2) is 12.4. The van der Waals surface area contributed by atoms with Gasteiger partial charge < -0.3 is 9.84 Å². The second-order valence-corrected chi connectivity index (χ2v) is 10.3. The van der Waals surface area contributed by atoms with Crippen molar-refractivity contribution in [1.29, 1.82) is 0 Å². The van der Waals surface area contributed by atoms with E-state index >= 15 is 0 Å². The van der Waals surface area contributed by atoms with Gasteiger partial charge in [-0.2, -0.15) is 16.9 Å². The molecule has 0 unspecified atom stereocenters. The van der Waals surface area contributed by atoms with Gasteiger partial charge in [-0.3, -0.25) is 4.68 Å². The van der Waals surface area contributed by atoms with E-state index in [-0.39, 0.29) is 12.4 Å². The molecule has 3 aromatic rings. The van der Waals surface area contributed by atoms with Crippen LogP contribution in [-0.4, -0.2) is 46.1 Å². The number of ether oxygens (including phenoxy) is 1. The molecule has 0 radical (unpaired) electrons. The predicted octanol–water partition coefficient (Wildman–Crippen LogP) is 6.17. The fraction of sp³-hybridized carbons (Fsp3) is 0.429. The van der Waals surface area contributed by atoms with E-state index in [1.165, 1.54) is 6.07 Å². The third-order valence-corrected chi connectivity index (χ3v) is 7.35. The first-order valence-corrected chi connectivity index (χ1v) is 13.6. The summed E-state index contributed by atoms with van der Waals surface area (Å²) < 4.78 is 21.7. The van der Waals surface area contributed by atoms with Crippen molar-refractivity contribution in [2.75, 3.05) is 25.2 Å². The first-order valence-electron chi connectivity index (χ1n) is 12.2. The highest BCUT2D eigenvalue weighted by Crippen LogP contribution is 2.37. The summed E-state index contributed by atoms with van der Waals surface area (Å²) in [5, 5.41) is 13.9. The zero-order valence-corrected chi connectivity index (χ0v) is 21.0. The Labute approximate surface area is 210 Å². The Hall–Kier alpha value is -2.64. The van der Waals surface area contributed by atoms with Crippen molar-refractivity contribution in [1.82, 2.24) is 9.78 Å². The first-order chi connectivity index (χ1) is 17.0. The van der Waals surface area contributed by atoms with Gasteiger partial charge >= 0.3 is 5.97 Å². The Kier molecular flexibility index (Phi) is 8.99. The van der Waals surface area contributed by atoms with Crippen molar-refractivity contribution in [3.63, 3.8) is 0 Å². The zero-order chi connectivity index (χ0) is 24.6. The summed E-state index contributed by atoms with van der Waals surface area (Å²) >= 11 is 1.80.